The Labute approximate surface area is 164 Å². The molecule has 0 aromatic heterocycles. The van der Waals surface area contributed by atoms with Crippen LogP contribution in [0.25, 0.3) is 0 Å². The van der Waals surface area contributed by atoms with Crippen LogP contribution in [-0.4, -0.2) is 16.7 Å². The molecule has 128 valence electrons. The Morgan fingerprint density at radius 2 is 1.83 bits per heavy atom. The minimum absolute atomic E-state index is 0. The van der Waals surface area contributed by atoms with Crippen LogP contribution in [0.5, 0.6) is 0 Å². The molecule has 0 spiro atoms. The zero-order valence-corrected chi connectivity index (χ0v) is 17.8. The second-order valence-electron chi connectivity index (χ2n) is 7.56. The molecule has 0 amide bonds. The Hall–Kier alpha value is 0.380. The monoisotopic (exact) mass is 508 g/mol. The molecular formula is C17H23Br3N2O. The van der Waals surface area contributed by atoms with E-state index in [2.05, 4.69) is 43.2 Å². The van der Waals surface area contributed by atoms with Crippen LogP contribution in [0.15, 0.2) is 21.1 Å². The third kappa shape index (κ3) is 3.39. The third-order valence-corrected chi connectivity index (χ3v) is 7.06. The number of nitrogens with one attached hydrogen (secondary N) is 1. The topological polar surface area (TPSA) is 58.3 Å². The van der Waals surface area contributed by atoms with E-state index in [0.717, 1.165) is 51.9 Å². The molecule has 0 radical (unpaired) electrons. The number of nitrogen functional groups attached to an aromatic ring is 1. The molecule has 5 rings (SSSR count). The van der Waals surface area contributed by atoms with Gasteiger partial charge in [-0.15, -0.1) is 17.0 Å². The number of benzene rings is 1. The summed E-state index contributed by atoms with van der Waals surface area (Å²) in [5.41, 5.74) is 7.78. The molecule has 6 heteroatoms. The fourth-order valence-electron chi connectivity index (χ4n) is 5.33. The molecule has 0 saturated heterocycles. The van der Waals surface area contributed by atoms with E-state index < -0.39 is 0 Å². The van der Waals surface area contributed by atoms with Crippen molar-refractivity contribution in [1.29, 1.82) is 0 Å². The summed E-state index contributed by atoms with van der Waals surface area (Å²) in [5, 5.41) is 14.4. The number of hydrogen-bond acceptors (Lipinski definition) is 3. The maximum atomic E-state index is 10.7. The van der Waals surface area contributed by atoms with Crippen molar-refractivity contribution in [2.24, 2.45) is 17.8 Å². The van der Waals surface area contributed by atoms with Crippen molar-refractivity contribution in [2.75, 3.05) is 5.73 Å². The van der Waals surface area contributed by atoms with Crippen LogP contribution in [0.1, 0.15) is 37.7 Å². The molecule has 4 bridgehead atoms. The number of hydrogen-bond donors (Lipinski definition) is 3. The first-order valence-electron chi connectivity index (χ1n) is 8.13. The first-order valence-corrected chi connectivity index (χ1v) is 9.71. The van der Waals surface area contributed by atoms with E-state index in [9.17, 15) is 5.11 Å². The molecule has 4 fully saturated rings. The lowest BCUT2D eigenvalue weighted by Crippen LogP contribution is -2.60. The Bertz CT molecular complexity index is 594. The van der Waals surface area contributed by atoms with E-state index in [1.54, 1.807) is 0 Å². The van der Waals surface area contributed by atoms with Gasteiger partial charge in [0.1, 0.15) is 0 Å². The average Bonchev–Trinajstić information content (AvgIpc) is 2.41. The van der Waals surface area contributed by atoms with E-state index in [1.807, 2.05) is 6.07 Å². The standard InChI is InChI=1S/C17H22Br2N2O.BrH/c18-13-3-12(15(20)14(19)4-13)8-21-16-10-1-9-2-11(16)7-17(22,5-9)6-10;/h3-4,9-11,16,21-22H,1-2,5-8,20H2;1H. The quantitative estimate of drug-likeness (QED) is 0.528. The van der Waals surface area contributed by atoms with Crippen LogP contribution in [0.2, 0.25) is 0 Å². The van der Waals surface area contributed by atoms with Gasteiger partial charge in [0.15, 0.2) is 0 Å². The van der Waals surface area contributed by atoms with Gasteiger partial charge in [0, 0.05) is 21.5 Å². The molecule has 4 aliphatic rings. The highest BCUT2D eigenvalue weighted by atomic mass is 79.9. The first-order chi connectivity index (χ1) is 10.4. The molecule has 0 heterocycles. The highest BCUT2D eigenvalue weighted by Gasteiger charge is 2.54. The van der Waals surface area contributed by atoms with Gasteiger partial charge in [0.25, 0.3) is 0 Å². The van der Waals surface area contributed by atoms with Crippen LogP contribution in [0, 0.1) is 17.8 Å². The molecule has 4 N–H and O–H groups in total. The summed E-state index contributed by atoms with van der Waals surface area (Å²) < 4.78 is 1.99. The van der Waals surface area contributed by atoms with E-state index in [0.29, 0.717) is 17.9 Å². The van der Waals surface area contributed by atoms with Crippen LogP contribution in [0.4, 0.5) is 5.69 Å². The number of anilines is 1. The maximum Gasteiger partial charge on any atom is 0.0657 e. The smallest absolute Gasteiger partial charge is 0.0657 e. The van der Waals surface area contributed by atoms with E-state index in [-0.39, 0.29) is 22.6 Å². The van der Waals surface area contributed by atoms with Crippen LogP contribution >= 0.6 is 48.8 Å². The summed E-state index contributed by atoms with van der Waals surface area (Å²) in [7, 11) is 0. The molecule has 1 aromatic rings. The summed E-state index contributed by atoms with van der Waals surface area (Å²) in [4.78, 5) is 0. The largest absolute Gasteiger partial charge is 0.398 e. The minimum Gasteiger partial charge on any atom is -0.398 e. The van der Waals surface area contributed by atoms with Crippen molar-refractivity contribution in [3.05, 3.63) is 26.6 Å². The second-order valence-corrected chi connectivity index (χ2v) is 9.33. The van der Waals surface area contributed by atoms with Gasteiger partial charge in [0.2, 0.25) is 0 Å². The van der Waals surface area contributed by atoms with Crippen LogP contribution in [-0.2, 0) is 6.54 Å². The number of aliphatic hydroxyl groups is 1. The Morgan fingerprint density at radius 3 is 2.43 bits per heavy atom. The predicted molar refractivity (Wildman–Crippen MR) is 106 cm³/mol. The van der Waals surface area contributed by atoms with Crippen molar-refractivity contribution in [3.63, 3.8) is 0 Å². The SMILES string of the molecule is Br.Nc1c(Br)cc(Br)cc1CNC1C2CC3CC1CC(O)(C3)C2. The van der Waals surface area contributed by atoms with Crippen LogP contribution in [0.3, 0.4) is 0 Å². The second kappa shape index (κ2) is 6.60. The summed E-state index contributed by atoms with van der Waals surface area (Å²) in [6.07, 6.45) is 5.57. The molecule has 4 aliphatic carbocycles. The lowest BCUT2D eigenvalue weighted by Gasteiger charge is -2.58. The Kier molecular flexibility index (Phi) is 5.21. The van der Waals surface area contributed by atoms with Gasteiger partial charge in [-0.25, -0.2) is 0 Å². The summed E-state index contributed by atoms with van der Waals surface area (Å²) in [6.45, 7) is 0.796. The summed E-state index contributed by atoms with van der Waals surface area (Å²) in [5.74, 6) is 2.02. The van der Waals surface area contributed by atoms with E-state index in [1.165, 1.54) is 12.8 Å². The van der Waals surface area contributed by atoms with E-state index >= 15 is 0 Å². The van der Waals surface area contributed by atoms with Gasteiger partial charge in [-0.2, -0.15) is 0 Å². The van der Waals surface area contributed by atoms with Crippen LogP contribution < -0.4 is 11.1 Å². The maximum absolute atomic E-state index is 10.7. The number of nitrogens with two attached hydrogens (primary N) is 1. The van der Waals surface area contributed by atoms with Crippen molar-refractivity contribution in [2.45, 2.75) is 50.3 Å². The van der Waals surface area contributed by atoms with Gasteiger partial charge < -0.3 is 16.2 Å². The van der Waals surface area contributed by atoms with Crippen molar-refractivity contribution in [3.8, 4) is 0 Å². The summed E-state index contributed by atoms with van der Waals surface area (Å²) >= 11 is 7.05. The molecule has 23 heavy (non-hydrogen) atoms. The van der Waals surface area contributed by atoms with Gasteiger partial charge in [0.05, 0.1) is 11.3 Å². The zero-order valence-electron chi connectivity index (χ0n) is 12.9. The Balaban J connectivity index is 0.00000156. The highest BCUT2D eigenvalue weighted by molar-refractivity contribution is 9.11. The Morgan fingerprint density at radius 1 is 1.17 bits per heavy atom. The molecule has 0 aliphatic heterocycles. The third-order valence-electron chi connectivity index (χ3n) is 5.95. The van der Waals surface area contributed by atoms with Crippen molar-refractivity contribution >= 4 is 54.5 Å². The fourth-order valence-corrected chi connectivity index (χ4v) is 6.64. The molecule has 2 unspecified atom stereocenters. The zero-order chi connectivity index (χ0) is 15.5. The summed E-state index contributed by atoms with van der Waals surface area (Å²) in [6, 6.07) is 4.61. The highest BCUT2D eigenvalue weighted by Crippen LogP contribution is 2.55. The van der Waals surface area contributed by atoms with Crippen molar-refractivity contribution in [1.82, 2.24) is 5.32 Å². The molecule has 2 atom stereocenters. The van der Waals surface area contributed by atoms with Crippen molar-refractivity contribution < 1.29 is 5.11 Å². The predicted octanol–water partition coefficient (Wildman–Crippen LogP) is 4.40. The molecule has 1 aromatic carbocycles. The van der Waals surface area contributed by atoms with Gasteiger partial charge in [-0.05, 0) is 83.5 Å². The number of halogens is 3. The van der Waals surface area contributed by atoms with Gasteiger partial charge >= 0.3 is 0 Å². The molecular weight excluding hydrogens is 488 g/mol. The lowest BCUT2D eigenvalue weighted by atomic mass is 9.52. The van der Waals surface area contributed by atoms with Gasteiger partial charge in [-0.3, -0.25) is 0 Å². The minimum atomic E-state index is -0.355. The van der Waals surface area contributed by atoms with Gasteiger partial charge in [-0.1, -0.05) is 15.9 Å². The normalized spacial score (nSPS) is 37.7. The molecule has 3 nitrogen and oxygen atoms in total. The molecule has 4 saturated carbocycles. The van der Waals surface area contributed by atoms with E-state index in [4.69, 9.17) is 5.73 Å². The average molecular weight is 511 g/mol. The fraction of sp³-hybridized carbons (Fsp3) is 0.647. The first kappa shape index (κ1) is 18.2. The number of rotatable bonds is 3. The lowest BCUT2D eigenvalue weighted by molar-refractivity contribution is -0.138.